The molecule has 0 saturated carbocycles. The number of hydrogen-bond donors (Lipinski definition) is 2. The van der Waals surface area contributed by atoms with Gasteiger partial charge in [-0.1, -0.05) is 35.1 Å². The van der Waals surface area contributed by atoms with Crippen LogP contribution in [0.25, 0.3) is 21.8 Å². The summed E-state index contributed by atoms with van der Waals surface area (Å²) in [6, 6.07) is 15.9. The number of aromatic nitrogens is 3. The molecule has 2 N–H and O–H groups in total. The molecule has 1 saturated heterocycles. The summed E-state index contributed by atoms with van der Waals surface area (Å²) in [7, 11) is 4.07. The van der Waals surface area contributed by atoms with Crippen molar-refractivity contribution in [2.75, 3.05) is 62.4 Å². The molecule has 39 heavy (non-hydrogen) atoms. The Labute approximate surface area is 239 Å². The number of benzene rings is 2. The lowest BCUT2D eigenvalue weighted by molar-refractivity contribution is 0.238. The fourth-order valence-corrected chi connectivity index (χ4v) is 5.77. The summed E-state index contributed by atoms with van der Waals surface area (Å²) in [5.74, 6) is 1.17. The standard InChI is InChI=1S/C29H34ClN7OS/c1-4-31-29-35-26(20-8-7-9-22(18-20)36(2)3)27(39-29)24-12-13-32-28(34-24)33-21-10-11-25(23(30)19-21)38-17-16-37-14-5-6-15-37/h7-13,18-19H,4-6,14-17H2,1-3H3,(H,31,35)(H,32,33,34). The molecule has 0 atom stereocenters. The topological polar surface area (TPSA) is 78.4 Å². The second-order valence-electron chi connectivity index (χ2n) is 9.60. The van der Waals surface area contributed by atoms with Crippen molar-refractivity contribution < 1.29 is 4.74 Å². The van der Waals surface area contributed by atoms with E-state index in [1.165, 1.54) is 12.8 Å². The molecule has 2 aromatic heterocycles. The first-order chi connectivity index (χ1) is 19.0. The van der Waals surface area contributed by atoms with Gasteiger partial charge in [0, 0.05) is 50.3 Å². The molecule has 204 valence electrons. The van der Waals surface area contributed by atoms with Crippen LogP contribution in [0.2, 0.25) is 5.02 Å². The van der Waals surface area contributed by atoms with Crippen molar-refractivity contribution in [3.63, 3.8) is 0 Å². The average molecular weight is 564 g/mol. The third-order valence-corrected chi connectivity index (χ3v) is 7.86. The second kappa shape index (κ2) is 12.6. The van der Waals surface area contributed by atoms with Gasteiger partial charge in [-0.3, -0.25) is 4.90 Å². The van der Waals surface area contributed by atoms with Gasteiger partial charge in [0.05, 0.1) is 21.3 Å². The Morgan fingerprint density at radius 2 is 1.92 bits per heavy atom. The minimum absolute atomic E-state index is 0.484. The molecule has 1 aliphatic rings. The molecule has 0 amide bonds. The predicted molar refractivity (Wildman–Crippen MR) is 163 cm³/mol. The summed E-state index contributed by atoms with van der Waals surface area (Å²) in [6.45, 7) is 6.71. The van der Waals surface area contributed by atoms with Gasteiger partial charge in [0.15, 0.2) is 5.13 Å². The number of nitrogens with zero attached hydrogens (tertiary/aromatic N) is 5. The van der Waals surface area contributed by atoms with Crippen molar-refractivity contribution in [2.24, 2.45) is 0 Å². The van der Waals surface area contributed by atoms with Gasteiger partial charge in [-0.2, -0.15) is 0 Å². The first kappa shape index (κ1) is 27.2. The number of anilines is 4. The summed E-state index contributed by atoms with van der Waals surface area (Å²) in [6.07, 6.45) is 4.30. The molecule has 0 bridgehead atoms. The van der Waals surface area contributed by atoms with Crippen LogP contribution in [0, 0.1) is 0 Å². The van der Waals surface area contributed by atoms with Crippen molar-refractivity contribution in [3.8, 4) is 27.6 Å². The maximum absolute atomic E-state index is 6.54. The SMILES string of the molecule is CCNc1nc(-c2cccc(N(C)C)c2)c(-c2ccnc(Nc3ccc(OCCN4CCCC4)c(Cl)c3)n2)s1. The van der Waals surface area contributed by atoms with Gasteiger partial charge in [-0.05, 0) is 69.3 Å². The van der Waals surface area contributed by atoms with Gasteiger partial charge in [-0.15, -0.1) is 0 Å². The third kappa shape index (κ3) is 6.79. The van der Waals surface area contributed by atoms with E-state index in [9.17, 15) is 0 Å². The monoisotopic (exact) mass is 563 g/mol. The Morgan fingerprint density at radius 1 is 1.08 bits per heavy atom. The zero-order valence-electron chi connectivity index (χ0n) is 22.6. The third-order valence-electron chi connectivity index (χ3n) is 6.53. The Morgan fingerprint density at radius 3 is 2.69 bits per heavy atom. The molecular weight excluding hydrogens is 530 g/mol. The van der Waals surface area contributed by atoms with Crippen LogP contribution in [0.1, 0.15) is 19.8 Å². The molecule has 2 aromatic carbocycles. The molecule has 1 aliphatic heterocycles. The van der Waals surface area contributed by atoms with Crippen molar-refractivity contribution >= 4 is 45.4 Å². The highest BCUT2D eigenvalue weighted by molar-refractivity contribution is 7.19. The fourth-order valence-electron chi connectivity index (χ4n) is 4.51. The van der Waals surface area contributed by atoms with Crippen LogP contribution < -0.4 is 20.3 Å². The maximum atomic E-state index is 6.54. The molecule has 8 nitrogen and oxygen atoms in total. The molecule has 0 spiro atoms. The first-order valence-corrected chi connectivity index (χ1v) is 14.5. The van der Waals surface area contributed by atoms with Crippen molar-refractivity contribution in [2.45, 2.75) is 19.8 Å². The molecule has 5 rings (SSSR count). The summed E-state index contributed by atoms with van der Waals surface area (Å²) < 4.78 is 5.93. The van der Waals surface area contributed by atoms with E-state index in [0.717, 1.165) is 64.5 Å². The summed E-state index contributed by atoms with van der Waals surface area (Å²) in [5, 5.41) is 8.05. The Bertz CT molecular complexity index is 1400. The number of ether oxygens (including phenoxy) is 1. The summed E-state index contributed by atoms with van der Waals surface area (Å²) >= 11 is 8.13. The van der Waals surface area contributed by atoms with E-state index in [1.54, 1.807) is 17.5 Å². The number of halogens is 1. The normalized spacial score (nSPS) is 13.4. The van der Waals surface area contributed by atoms with Crippen molar-refractivity contribution in [3.05, 3.63) is 59.8 Å². The van der Waals surface area contributed by atoms with E-state index in [0.29, 0.717) is 23.3 Å². The van der Waals surface area contributed by atoms with Gasteiger partial charge in [0.1, 0.15) is 12.4 Å². The Hall–Kier alpha value is -3.40. The van der Waals surface area contributed by atoms with Gasteiger partial charge in [0.2, 0.25) is 5.95 Å². The van der Waals surface area contributed by atoms with Crippen molar-refractivity contribution in [1.82, 2.24) is 19.9 Å². The zero-order chi connectivity index (χ0) is 27.2. The van der Waals surface area contributed by atoms with Crippen LogP contribution in [-0.4, -0.2) is 66.7 Å². The lowest BCUT2D eigenvalue weighted by Gasteiger charge is -2.16. The second-order valence-corrected chi connectivity index (χ2v) is 11.0. The molecular formula is C29H34ClN7OS. The molecule has 0 unspecified atom stereocenters. The highest BCUT2D eigenvalue weighted by Gasteiger charge is 2.18. The molecule has 10 heteroatoms. The lowest BCUT2D eigenvalue weighted by atomic mass is 10.1. The molecule has 3 heterocycles. The van der Waals surface area contributed by atoms with Crippen LogP contribution in [0.3, 0.4) is 0 Å². The van der Waals surface area contributed by atoms with E-state index in [1.807, 2.05) is 38.4 Å². The van der Waals surface area contributed by atoms with Crippen LogP contribution in [0.15, 0.2) is 54.7 Å². The van der Waals surface area contributed by atoms with Crippen LogP contribution >= 0.6 is 22.9 Å². The highest BCUT2D eigenvalue weighted by Crippen LogP contribution is 2.39. The minimum Gasteiger partial charge on any atom is -0.491 e. The van der Waals surface area contributed by atoms with E-state index in [-0.39, 0.29) is 0 Å². The zero-order valence-corrected chi connectivity index (χ0v) is 24.1. The van der Waals surface area contributed by atoms with Crippen molar-refractivity contribution in [1.29, 1.82) is 0 Å². The average Bonchev–Trinajstić information content (AvgIpc) is 3.61. The fraction of sp³-hybridized carbons (Fsp3) is 0.345. The lowest BCUT2D eigenvalue weighted by Crippen LogP contribution is -2.25. The summed E-state index contributed by atoms with van der Waals surface area (Å²) in [4.78, 5) is 19.7. The number of rotatable bonds is 11. The Balaban J connectivity index is 1.35. The Kier molecular flexibility index (Phi) is 8.81. The van der Waals surface area contributed by atoms with Crippen LogP contribution in [0.5, 0.6) is 5.75 Å². The van der Waals surface area contributed by atoms with E-state index < -0.39 is 0 Å². The maximum Gasteiger partial charge on any atom is 0.227 e. The quantitative estimate of drug-likeness (QED) is 0.210. The first-order valence-electron chi connectivity index (χ1n) is 13.3. The van der Waals surface area contributed by atoms with Gasteiger partial charge >= 0.3 is 0 Å². The highest BCUT2D eigenvalue weighted by atomic mass is 35.5. The van der Waals surface area contributed by atoms with Crippen LogP contribution in [-0.2, 0) is 0 Å². The number of thiazole rings is 1. The molecule has 0 radical (unpaired) electrons. The minimum atomic E-state index is 0.484. The van der Waals surface area contributed by atoms with Gasteiger partial charge in [0.25, 0.3) is 0 Å². The van der Waals surface area contributed by atoms with E-state index in [4.69, 9.17) is 26.3 Å². The smallest absolute Gasteiger partial charge is 0.227 e. The van der Waals surface area contributed by atoms with E-state index >= 15 is 0 Å². The molecule has 4 aromatic rings. The molecule has 1 fully saturated rings. The number of likely N-dealkylation sites (tertiary alicyclic amines) is 1. The van der Waals surface area contributed by atoms with E-state index in [2.05, 4.69) is 56.6 Å². The largest absolute Gasteiger partial charge is 0.491 e. The van der Waals surface area contributed by atoms with Crippen LogP contribution in [0.4, 0.5) is 22.5 Å². The van der Waals surface area contributed by atoms with Gasteiger partial charge in [-0.25, -0.2) is 15.0 Å². The number of hydrogen-bond acceptors (Lipinski definition) is 9. The predicted octanol–water partition coefficient (Wildman–Crippen LogP) is 6.64. The summed E-state index contributed by atoms with van der Waals surface area (Å²) in [5.41, 5.74) is 4.63. The molecule has 0 aliphatic carbocycles. The number of nitrogens with one attached hydrogen (secondary N) is 2. The van der Waals surface area contributed by atoms with Gasteiger partial charge < -0.3 is 20.3 Å².